The molecule has 0 aromatic heterocycles. The predicted molar refractivity (Wildman–Crippen MR) is 57.8 cm³/mol. The standard InChI is InChI=1S/C10H18O9/c1-9(17,2-4(12)13)8-6(15)5(14)7(16)10(18,3-11)19-8/h5-8,11,14-18H,2-3H2,1H3,(H,12,13)/t5-,6+,7+,8?,9?,10+/m1/s1. The zero-order chi connectivity index (χ0) is 15.0. The Bertz CT molecular complexity index is 344. The molecule has 1 aliphatic heterocycles. The van der Waals surface area contributed by atoms with Gasteiger partial charge in [0.05, 0.1) is 13.0 Å². The van der Waals surface area contributed by atoms with Gasteiger partial charge < -0.3 is 40.5 Å². The van der Waals surface area contributed by atoms with Gasteiger partial charge in [0.25, 0.3) is 0 Å². The fourth-order valence-electron chi connectivity index (χ4n) is 2.02. The molecular formula is C10H18O9. The molecule has 1 saturated heterocycles. The monoisotopic (exact) mass is 282 g/mol. The smallest absolute Gasteiger partial charge is 0.306 e. The highest BCUT2D eigenvalue weighted by Crippen LogP contribution is 2.34. The van der Waals surface area contributed by atoms with Gasteiger partial charge in [-0.15, -0.1) is 0 Å². The van der Waals surface area contributed by atoms with Crippen molar-refractivity contribution in [2.45, 2.75) is 49.1 Å². The summed E-state index contributed by atoms with van der Waals surface area (Å²) in [5.41, 5.74) is -2.13. The lowest BCUT2D eigenvalue weighted by Crippen LogP contribution is -2.70. The summed E-state index contributed by atoms with van der Waals surface area (Å²) in [6.45, 7) is -0.0885. The fourth-order valence-corrected chi connectivity index (χ4v) is 2.02. The van der Waals surface area contributed by atoms with Crippen molar-refractivity contribution in [3.05, 3.63) is 0 Å². The molecule has 19 heavy (non-hydrogen) atoms. The molecule has 0 aromatic carbocycles. The molecule has 1 fully saturated rings. The number of carboxylic acid groups (broad SMARTS) is 1. The minimum atomic E-state index is -2.61. The van der Waals surface area contributed by atoms with Crippen molar-refractivity contribution in [1.29, 1.82) is 0 Å². The molecule has 1 rings (SSSR count). The first-order valence-electron chi connectivity index (χ1n) is 5.54. The average Bonchev–Trinajstić information content (AvgIpc) is 2.29. The summed E-state index contributed by atoms with van der Waals surface area (Å²) in [5.74, 6) is -4.00. The van der Waals surface area contributed by atoms with Crippen LogP contribution in [0.5, 0.6) is 0 Å². The second-order valence-electron chi connectivity index (χ2n) is 4.90. The lowest BCUT2D eigenvalue weighted by Gasteiger charge is -2.48. The second kappa shape index (κ2) is 5.29. The van der Waals surface area contributed by atoms with Crippen LogP contribution >= 0.6 is 0 Å². The molecular weight excluding hydrogens is 264 g/mol. The van der Waals surface area contributed by atoms with Gasteiger partial charge in [0.15, 0.2) is 0 Å². The Morgan fingerprint density at radius 3 is 2.26 bits per heavy atom. The van der Waals surface area contributed by atoms with Crippen LogP contribution in [0.3, 0.4) is 0 Å². The Morgan fingerprint density at radius 2 is 1.84 bits per heavy atom. The number of aliphatic carboxylic acids is 1. The highest BCUT2D eigenvalue weighted by molar-refractivity contribution is 5.68. The minimum Gasteiger partial charge on any atom is -0.481 e. The molecule has 2 unspecified atom stereocenters. The molecule has 9 heteroatoms. The lowest BCUT2D eigenvalue weighted by atomic mass is 9.83. The molecule has 1 aliphatic rings. The van der Waals surface area contributed by atoms with Crippen molar-refractivity contribution in [3.8, 4) is 0 Å². The average molecular weight is 282 g/mol. The van der Waals surface area contributed by atoms with Crippen LogP contribution in [-0.2, 0) is 9.53 Å². The van der Waals surface area contributed by atoms with Gasteiger partial charge in [0.2, 0.25) is 5.79 Å². The summed E-state index contributed by atoms with van der Waals surface area (Å²) >= 11 is 0. The topological polar surface area (TPSA) is 168 Å². The zero-order valence-corrected chi connectivity index (χ0v) is 10.2. The largest absolute Gasteiger partial charge is 0.481 e. The van der Waals surface area contributed by atoms with Crippen LogP contribution < -0.4 is 0 Å². The van der Waals surface area contributed by atoms with E-state index in [0.29, 0.717) is 0 Å². The number of hydrogen-bond donors (Lipinski definition) is 7. The molecule has 0 aliphatic carbocycles. The Balaban J connectivity index is 3.03. The van der Waals surface area contributed by atoms with Gasteiger partial charge in [-0.25, -0.2) is 0 Å². The number of rotatable bonds is 4. The lowest BCUT2D eigenvalue weighted by molar-refractivity contribution is -0.374. The van der Waals surface area contributed by atoms with Crippen LogP contribution in [0.15, 0.2) is 0 Å². The molecule has 0 amide bonds. The van der Waals surface area contributed by atoms with Gasteiger partial charge in [-0.3, -0.25) is 4.79 Å². The van der Waals surface area contributed by atoms with E-state index in [1.165, 1.54) is 0 Å². The van der Waals surface area contributed by atoms with E-state index in [4.69, 9.17) is 14.9 Å². The molecule has 0 radical (unpaired) electrons. The third-order valence-corrected chi connectivity index (χ3v) is 3.13. The first-order valence-corrected chi connectivity index (χ1v) is 5.54. The van der Waals surface area contributed by atoms with Crippen molar-refractivity contribution in [2.24, 2.45) is 0 Å². The number of carboxylic acids is 1. The molecule has 0 aromatic rings. The van der Waals surface area contributed by atoms with Crippen molar-refractivity contribution >= 4 is 5.97 Å². The fraction of sp³-hybridized carbons (Fsp3) is 0.900. The van der Waals surface area contributed by atoms with Crippen molar-refractivity contribution in [2.75, 3.05) is 6.61 Å². The number of ether oxygens (including phenoxy) is 1. The van der Waals surface area contributed by atoms with Crippen LogP contribution in [0.25, 0.3) is 0 Å². The van der Waals surface area contributed by atoms with Crippen molar-refractivity contribution in [1.82, 2.24) is 0 Å². The third-order valence-electron chi connectivity index (χ3n) is 3.13. The highest BCUT2D eigenvalue weighted by atomic mass is 16.7. The predicted octanol–water partition coefficient (Wildman–Crippen LogP) is -3.63. The van der Waals surface area contributed by atoms with Gasteiger partial charge in [-0.05, 0) is 6.92 Å². The van der Waals surface area contributed by atoms with E-state index in [-0.39, 0.29) is 0 Å². The SMILES string of the molecule is CC(O)(CC(=O)O)C1O[C@@](O)(CO)[C@@H](O)[C@H](O)[C@@H]1O. The van der Waals surface area contributed by atoms with Gasteiger partial charge in [0, 0.05) is 0 Å². The van der Waals surface area contributed by atoms with Crippen LogP contribution in [0, 0.1) is 0 Å². The maximum absolute atomic E-state index is 10.6. The third kappa shape index (κ3) is 3.03. The Labute approximate surface area is 108 Å². The van der Waals surface area contributed by atoms with Crippen LogP contribution in [0.4, 0.5) is 0 Å². The van der Waals surface area contributed by atoms with Crippen LogP contribution in [0.1, 0.15) is 13.3 Å². The number of aliphatic hydroxyl groups is 6. The van der Waals surface area contributed by atoms with Crippen molar-refractivity contribution in [3.63, 3.8) is 0 Å². The van der Waals surface area contributed by atoms with Crippen molar-refractivity contribution < 1.29 is 45.3 Å². The molecule has 0 spiro atoms. The summed E-state index contributed by atoms with van der Waals surface area (Å²) in [5, 5.41) is 66.1. The van der Waals surface area contributed by atoms with Crippen LogP contribution in [0.2, 0.25) is 0 Å². The Kier molecular flexibility index (Phi) is 4.52. The molecule has 6 atom stereocenters. The van der Waals surface area contributed by atoms with E-state index >= 15 is 0 Å². The minimum absolute atomic E-state index is 0.834. The molecule has 0 bridgehead atoms. The van der Waals surface area contributed by atoms with E-state index in [9.17, 15) is 30.3 Å². The van der Waals surface area contributed by atoms with Gasteiger partial charge >= 0.3 is 5.97 Å². The summed E-state index contributed by atoms with van der Waals surface area (Å²) in [6.07, 6.45) is -8.31. The molecule has 7 N–H and O–H groups in total. The molecule has 1 heterocycles. The summed E-state index contributed by atoms with van der Waals surface area (Å²) in [6, 6.07) is 0. The van der Waals surface area contributed by atoms with Gasteiger partial charge in [0.1, 0.15) is 30.0 Å². The number of carbonyl (C=O) groups is 1. The zero-order valence-electron chi connectivity index (χ0n) is 10.2. The maximum Gasteiger partial charge on any atom is 0.306 e. The Hall–Kier alpha value is -0.810. The van der Waals surface area contributed by atoms with E-state index < -0.39 is 54.8 Å². The first kappa shape index (κ1) is 16.2. The number of hydrogen-bond acceptors (Lipinski definition) is 8. The summed E-state index contributed by atoms with van der Waals surface area (Å²) in [4.78, 5) is 10.6. The Morgan fingerprint density at radius 1 is 1.32 bits per heavy atom. The first-order chi connectivity index (χ1) is 8.55. The second-order valence-corrected chi connectivity index (χ2v) is 4.90. The quantitative estimate of drug-likeness (QED) is 0.275. The van der Waals surface area contributed by atoms with Gasteiger partial charge in [-0.1, -0.05) is 0 Å². The van der Waals surface area contributed by atoms with Gasteiger partial charge in [-0.2, -0.15) is 0 Å². The van der Waals surface area contributed by atoms with Crippen LogP contribution in [-0.4, -0.2) is 84.1 Å². The highest BCUT2D eigenvalue weighted by Gasteiger charge is 2.57. The molecule has 112 valence electrons. The molecule has 0 saturated carbocycles. The molecule has 9 nitrogen and oxygen atoms in total. The normalized spacial score (nSPS) is 42.7. The maximum atomic E-state index is 10.6. The van der Waals surface area contributed by atoms with E-state index in [1.807, 2.05) is 0 Å². The number of aliphatic hydroxyl groups excluding tert-OH is 4. The van der Waals surface area contributed by atoms with E-state index in [2.05, 4.69) is 0 Å². The van der Waals surface area contributed by atoms with E-state index in [0.717, 1.165) is 6.92 Å². The van der Waals surface area contributed by atoms with E-state index in [1.54, 1.807) is 0 Å². The summed E-state index contributed by atoms with van der Waals surface area (Å²) in [7, 11) is 0. The summed E-state index contributed by atoms with van der Waals surface area (Å²) < 4.78 is 4.82.